The van der Waals surface area contributed by atoms with Gasteiger partial charge in [0.25, 0.3) is 5.56 Å². The quantitative estimate of drug-likeness (QED) is 0.646. The number of hydrogen-bond donors (Lipinski definition) is 1. The van der Waals surface area contributed by atoms with Crippen molar-refractivity contribution in [2.45, 2.75) is 26.8 Å². The maximum absolute atomic E-state index is 12.9. The Morgan fingerprint density at radius 2 is 1.84 bits per heavy atom. The number of fused-ring (bicyclic) bond motifs is 3. The van der Waals surface area contributed by atoms with E-state index in [0.717, 1.165) is 21.7 Å². The molecule has 4 rings (SSSR count). The van der Waals surface area contributed by atoms with Gasteiger partial charge in [-0.05, 0) is 45.0 Å². The van der Waals surface area contributed by atoms with Crippen LogP contribution in [0.4, 0.5) is 11.6 Å². The van der Waals surface area contributed by atoms with Crippen LogP contribution >= 0.6 is 0 Å². The fourth-order valence-electron chi connectivity index (χ4n) is 3.75. The average molecular weight is 425 g/mol. The summed E-state index contributed by atoms with van der Waals surface area (Å²) in [5.74, 6) is 1.39. The van der Waals surface area contributed by atoms with E-state index in [4.69, 9.17) is 4.74 Å². The summed E-state index contributed by atoms with van der Waals surface area (Å²) < 4.78 is 9.86. The molecule has 0 fully saturated rings. The largest absolute Gasteiger partial charge is 0.494 e. The van der Waals surface area contributed by atoms with E-state index >= 15 is 0 Å². The first kappa shape index (κ1) is 20.7. The summed E-state index contributed by atoms with van der Waals surface area (Å²) in [6.45, 7) is 7.64. The molecule has 0 bridgehead atoms. The first-order valence-electron chi connectivity index (χ1n) is 10.3. The van der Waals surface area contributed by atoms with Crippen molar-refractivity contribution in [2.75, 3.05) is 30.0 Å². The number of nitrogens with zero attached hydrogens (tertiary/aromatic N) is 6. The van der Waals surface area contributed by atoms with Gasteiger partial charge in [0, 0.05) is 26.3 Å². The average Bonchev–Trinajstić information content (AvgIpc) is 3.17. The van der Waals surface area contributed by atoms with E-state index in [1.807, 2.05) is 49.6 Å². The van der Waals surface area contributed by atoms with Gasteiger partial charge in [-0.3, -0.25) is 18.5 Å². The monoisotopic (exact) mass is 425 g/mol. The van der Waals surface area contributed by atoms with Gasteiger partial charge in [-0.25, -0.2) is 9.80 Å². The Balaban J connectivity index is 1.63. The van der Waals surface area contributed by atoms with E-state index in [2.05, 4.69) is 15.4 Å². The van der Waals surface area contributed by atoms with Crippen LogP contribution < -0.4 is 26.3 Å². The van der Waals surface area contributed by atoms with Gasteiger partial charge in [0.2, 0.25) is 5.95 Å². The zero-order valence-corrected chi connectivity index (χ0v) is 18.4. The number of anilines is 2. The lowest BCUT2D eigenvalue weighted by molar-refractivity contribution is 0.340. The van der Waals surface area contributed by atoms with Crippen LogP contribution in [0.5, 0.6) is 5.75 Å². The third-order valence-electron chi connectivity index (χ3n) is 5.59. The Morgan fingerprint density at radius 1 is 1.13 bits per heavy atom. The third-order valence-corrected chi connectivity index (χ3v) is 5.59. The Morgan fingerprint density at radius 3 is 2.52 bits per heavy atom. The van der Waals surface area contributed by atoms with Crippen molar-refractivity contribution >= 4 is 28.5 Å². The van der Waals surface area contributed by atoms with Gasteiger partial charge in [0.15, 0.2) is 11.2 Å². The van der Waals surface area contributed by atoms with Gasteiger partial charge in [0.05, 0.1) is 24.9 Å². The summed E-state index contributed by atoms with van der Waals surface area (Å²) in [4.78, 5) is 29.9. The van der Waals surface area contributed by atoms with Crippen molar-refractivity contribution in [3.05, 3.63) is 45.1 Å². The zero-order valence-electron chi connectivity index (χ0n) is 18.4. The number of aryl methyl sites for hydroxylation is 1. The minimum atomic E-state index is -0.401. The van der Waals surface area contributed by atoms with E-state index in [0.29, 0.717) is 36.8 Å². The molecule has 0 radical (unpaired) electrons. The van der Waals surface area contributed by atoms with Gasteiger partial charge < -0.3 is 10.1 Å². The van der Waals surface area contributed by atoms with Crippen LogP contribution in [0.15, 0.2) is 39.0 Å². The summed E-state index contributed by atoms with van der Waals surface area (Å²) in [7, 11) is 3.11. The molecule has 0 aliphatic carbocycles. The molecule has 2 aromatic heterocycles. The summed E-state index contributed by atoms with van der Waals surface area (Å²) in [6, 6.07) is 7.64. The van der Waals surface area contributed by atoms with E-state index in [9.17, 15) is 9.59 Å². The van der Waals surface area contributed by atoms with Gasteiger partial charge in [-0.1, -0.05) is 0 Å². The number of benzene rings is 1. The van der Waals surface area contributed by atoms with E-state index < -0.39 is 5.69 Å². The molecule has 1 aliphatic rings. The zero-order chi connectivity index (χ0) is 22.3. The first-order valence-corrected chi connectivity index (χ1v) is 10.3. The molecule has 0 saturated heterocycles. The Kier molecular flexibility index (Phi) is 5.30. The molecular formula is C21H27N7O3. The van der Waals surface area contributed by atoms with E-state index in [1.165, 1.54) is 11.6 Å². The molecule has 164 valence electrons. The predicted octanol–water partition coefficient (Wildman–Crippen LogP) is 1.70. The fraction of sp³-hybridized carbons (Fsp3) is 0.429. The summed E-state index contributed by atoms with van der Waals surface area (Å²) in [5, 5.41) is 9.83. The number of ether oxygens (including phenoxy) is 1. The highest BCUT2D eigenvalue weighted by Gasteiger charge is 2.30. The summed E-state index contributed by atoms with van der Waals surface area (Å²) in [5.41, 5.74) is 1.85. The molecule has 10 nitrogen and oxygen atoms in total. The van der Waals surface area contributed by atoms with Gasteiger partial charge in [-0.15, -0.1) is 0 Å². The number of hydrazone groups is 1. The second kappa shape index (κ2) is 7.93. The summed E-state index contributed by atoms with van der Waals surface area (Å²) >= 11 is 0. The number of imidazole rings is 1. The maximum Gasteiger partial charge on any atom is 0.332 e. The summed E-state index contributed by atoms with van der Waals surface area (Å²) in [6.07, 6.45) is 0. The van der Waals surface area contributed by atoms with Crippen LogP contribution in [-0.2, 0) is 14.1 Å². The SMILES string of the molecule is CCOc1ccc(NCCN2N=C(C)[C@H](C)n3c2nc2c3c(=O)n(C)c(=O)n2C)cc1. The van der Waals surface area contributed by atoms with Crippen molar-refractivity contribution in [3.63, 3.8) is 0 Å². The maximum atomic E-state index is 12.9. The molecular weight excluding hydrogens is 398 g/mol. The molecule has 3 aromatic rings. The molecule has 1 N–H and O–H groups in total. The van der Waals surface area contributed by atoms with Crippen LogP contribution in [0.1, 0.15) is 26.8 Å². The van der Waals surface area contributed by atoms with Crippen molar-refractivity contribution in [2.24, 2.45) is 19.2 Å². The molecule has 0 amide bonds. The molecule has 1 aliphatic heterocycles. The molecule has 1 aromatic carbocycles. The smallest absolute Gasteiger partial charge is 0.332 e. The van der Waals surface area contributed by atoms with Crippen LogP contribution in [0, 0.1) is 0 Å². The topological polar surface area (TPSA) is 98.7 Å². The molecule has 10 heteroatoms. The lowest BCUT2D eigenvalue weighted by Gasteiger charge is -2.29. The molecule has 1 atom stereocenters. The Hall–Kier alpha value is -3.56. The number of rotatable bonds is 6. The minimum Gasteiger partial charge on any atom is -0.494 e. The number of nitrogens with one attached hydrogen (secondary N) is 1. The highest BCUT2D eigenvalue weighted by atomic mass is 16.5. The van der Waals surface area contributed by atoms with Crippen LogP contribution in [0.25, 0.3) is 11.2 Å². The molecule has 0 saturated carbocycles. The second-order valence-electron chi connectivity index (χ2n) is 7.58. The lowest BCUT2D eigenvalue weighted by atomic mass is 10.2. The highest BCUT2D eigenvalue weighted by Crippen LogP contribution is 2.29. The van der Waals surface area contributed by atoms with Crippen LogP contribution in [0.2, 0.25) is 0 Å². The number of hydrogen-bond acceptors (Lipinski definition) is 7. The Bertz CT molecular complexity index is 1270. The Labute approximate surface area is 179 Å². The van der Waals surface area contributed by atoms with E-state index in [-0.39, 0.29) is 11.6 Å². The van der Waals surface area contributed by atoms with Crippen molar-refractivity contribution in [3.8, 4) is 5.75 Å². The van der Waals surface area contributed by atoms with Gasteiger partial charge in [0.1, 0.15) is 5.75 Å². The first-order chi connectivity index (χ1) is 14.8. The third kappa shape index (κ3) is 3.47. The lowest BCUT2D eigenvalue weighted by Crippen LogP contribution is -2.39. The highest BCUT2D eigenvalue weighted by molar-refractivity contribution is 5.91. The van der Waals surface area contributed by atoms with Gasteiger partial charge >= 0.3 is 5.69 Å². The van der Waals surface area contributed by atoms with E-state index in [1.54, 1.807) is 12.1 Å². The van der Waals surface area contributed by atoms with Crippen molar-refractivity contribution in [1.29, 1.82) is 0 Å². The van der Waals surface area contributed by atoms with Gasteiger partial charge in [-0.2, -0.15) is 10.1 Å². The van der Waals surface area contributed by atoms with Crippen molar-refractivity contribution < 1.29 is 4.74 Å². The normalized spacial score (nSPS) is 15.7. The fourth-order valence-corrected chi connectivity index (χ4v) is 3.75. The standard InChI is InChI=1S/C21H27N7O3/c1-6-31-16-9-7-15(8-10-16)22-11-12-27-20-23-18-17(28(20)14(3)13(2)24-27)19(29)26(5)21(30)25(18)4/h7-10,14,22H,6,11-12H2,1-5H3/t14-/m0/s1. The molecule has 0 unspecified atom stereocenters. The number of aromatic nitrogens is 4. The van der Waals surface area contributed by atoms with Crippen LogP contribution in [-0.4, -0.2) is 44.1 Å². The van der Waals surface area contributed by atoms with Crippen molar-refractivity contribution in [1.82, 2.24) is 18.7 Å². The predicted molar refractivity (Wildman–Crippen MR) is 121 cm³/mol. The molecule has 31 heavy (non-hydrogen) atoms. The molecule has 0 spiro atoms. The second-order valence-corrected chi connectivity index (χ2v) is 7.58. The van der Waals surface area contributed by atoms with Crippen LogP contribution in [0.3, 0.4) is 0 Å². The molecule has 3 heterocycles. The minimum absolute atomic E-state index is 0.138.